The number of ether oxygens (including phenoxy) is 1. The molecule has 2 saturated heterocycles. The lowest BCUT2D eigenvalue weighted by Gasteiger charge is -2.38. The zero-order valence-corrected chi connectivity index (χ0v) is 13.4. The van der Waals surface area contributed by atoms with E-state index in [2.05, 4.69) is 15.4 Å². The van der Waals surface area contributed by atoms with Crippen LogP contribution in [-0.2, 0) is 18.2 Å². The number of morpholine rings is 1. The van der Waals surface area contributed by atoms with Crippen molar-refractivity contribution in [2.45, 2.75) is 44.4 Å². The van der Waals surface area contributed by atoms with Gasteiger partial charge in [-0.15, -0.1) is 0 Å². The fourth-order valence-corrected chi connectivity index (χ4v) is 3.73. The number of hydrogen-bond donors (Lipinski definition) is 2. The smallest absolute Gasteiger partial charge is 0.0872 e. The quantitative estimate of drug-likeness (QED) is 0.630. The molecular weight excluding hydrogens is 290 g/mol. The van der Waals surface area contributed by atoms with Crippen molar-refractivity contribution in [3.05, 3.63) is 16.4 Å². The predicted molar refractivity (Wildman–Crippen MR) is 82.1 cm³/mol. The number of nitrogens with two attached hydrogens (primary N) is 1. The Hall–Kier alpha value is -0.660. The summed E-state index contributed by atoms with van der Waals surface area (Å²) in [6, 6.07) is 0.640. The van der Waals surface area contributed by atoms with Crippen LogP contribution in [0.3, 0.4) is 0 Å². The summed E-state index contributed by atoms with van der Waals surface area (Å²) < 4.78 is 7.88. The maximum Gasteiger partial charge on any atom is 0.0872 e. The molecule has 0 aliphatic carbocycles. The highest BCUT2D eigenvalue weighted by atomic mass is 35.5. The molecular formula is C14H24ClN5O. The average molecular weight is 314 g/mol. The van der Waals surface area contributed by atoms with Crippen LogP contribution in [0, 0.1) is 6.92 Å². The number of nitrogens with one attached hydrogen (secondary N) is 1. The molecule has 3 N–H and O–H groups in total. The highest BCUT2D eigenvalue weighted by Crippen LogP contribution is 2.26. The lowest BCUT2D eigenvalue weighted by Crippen LogP contribution is -2.56. The second-order valence-corrected chi connectivity index (χ2v) is 6.49. The Balaban J connectivity index is 1.70. The van der Waals surface area contributed by atoms with Crippen molar-refractivity contribution in [3.8, 4) is 0 Å². The first-order chi connectivity index (χ1) is 10.1. The Kier molecular flexibility index (Phi) is 4.51. The van der Waals surface area contributed by atoms with E-state index in [0.717, 1.165) is 36.0 Å². The summed E-state index contributed by atoms with van der Waals surface area (Å²) in [5.74, 6) is 5.77. The van der Waals surface area contributed by atoms with E-state index in [1.807, 2.05) is 18.7 Å². The van der Waals surface area contributed by atoms with Crippen LogP contribution < -0.4 is 11.3 Å². The van der Waals surface area contributed by atoms with Crippen molar-refractivity contribution in [3.63, 3.8) is 0 Å². The van der Waals surface area contributed by atoms with E-state index >= 15 is 0 Å². The van der Waals surface area contributed by atoms with Gasteiger partial charge in [-0.05, 0) is 26.3 Å². The van der Waals surface area contributed by atoms with Gasteiger partial charge < -0.3 is 4.74 Å². The molecule has 0 saturated carbocycles. The second-order valence-electron chi connectivity index (χ2n) is 6.11. The fraction of sp³-hybridized carbons (Fsp3) is 0.786. The van der Waals surface area contributed by atoms with Crippen molar-refractivity contribution in [1.82, 2.24) is 20.1 Å². The van der Waals surface area contributed by atoms with Gasteiger partial charge in [-0.1, -0.05) is 11.6 Å². The van der Waals surface area contributed by atoms with Gasteiger partial charge in [0.15, 0.2) is 0 Å². The number of aromatic nitrogens is 2. The highest BCUT2D eigenvalue weighted by molar-refractivity contribution is 6.31. The molecule has 118 valence electrons. The number of halogens is 1. The van der Waals surface area contributed by atoms with Crippen molar-refractivity contribution in [2.24, 2.45) is 12.9 Å². The minimum Gasteiger partial charge on any atom is -0.374 e. The topological polar surface area (TPSA) is 68.3 Å². The van der Waals surface area contributed by atoms with Gasteiger partial charge in [0.05, 0.1) is 35.2 Å². The van der Waals surface area contributed by atoms with Gasteiger partial charge in [0.2, 0.25) is 0 Å². The Labute approximate surface area is 130 Å². The molecule has 3 unspecified atom stereocenters. The fourth-order valence-electron chi connectivity index (χ4n) is 3.49. The van der Waals surface area contributed by atoms with Crippen LogP contribution in [0.15, 0.2) is 0 Å². The molecule has 21 heavy (non-hydrogen) atoms. The minimum absolute atomic E-state index is 0.0406. The van der Waals surface area contributed by atoms with E-state index in [-0.39, 0.29) is 12.1 Å². The molecule has 1 aromatic rings. The first-order valence-corrected chi connectivity index (χ1v) is 7.97. The molecule has 0 amide bonds. The SMILES string of the molecule is Cc1nn(C)c(CC(NN)C2CN3CCCC3CO2)c1Cl. The third kappa shape index (κ3) is 2.96. The molecule has 2 aliphatic rings. The van der Waals surface area contributed by atoms with Gasteiger partial charge in [0.1, 0.15) is 0 Å². The van der Waals surface area contributed by atoms with Crippen LogP contribution >= 0.6 is 11.6 Å². The van der Waals surface area contributed by atoms with E-state index in [1.165, 1.54) is 19.4 Å². The van der Waals surface area contributed by atoms with E-state index < -0.39 is 0 Å². The average Bonchev–Trinajstić information content (AvgIpc) is 3.03. The molecule has 3 heterocycles. The molecule has 0 spiro atoms. The molecule has 1 aromatic heterocycles. The van der Waals surface area contributed by atoms with E-state index in [0.29, 0.717) is 6.04 Å². The standard InChI is InChI=1S/C14H24ClN5O/c1-9-14(15)12(19(2)18-9)6-11(17-16)13-7-20-5-3-4-10(20)8-21-13/h10-11,13,17H,3-8,16H2,1-2H3. The van der Waals surface area contributed by atoms with Crippen LogP contribution in [0.1, 0.15) is 24.2 Å². The van der Waals surface area contributed by atoms with Crippen molar-refractivity contribution < 1.29 is 4.74 Å². The van der Waals surface area contributed by atoms with Crippen LogP contribution in [0.25, 0.3) is 0 Å². The van der Waals surface area contributed by atoms with Crippen LogP contribution in [0.4, 0.5) is 0 Å². The van der Waals surface area contributed by atoms with Gasteiger partial charge in [0.25, 0.3) is 0 Å². The zero-order valence-electron chi connectivity index (χ0n) is 12.7. The lowest BCUT2D eigenvalue weighted by atomic mass is 10.0. The Morgan fingerprint density at radius 3 is 3.05 bits per heavy atom. The first-order valence-electron chi connectivity index (χ1n) is 7.60. The number of nitrogens with zero attached hydrogens (tertiary/aromatic N) is 3. The number of hydrazine groups is 1. The Morgan fingerprint density at radius 2 is 2.38 bits per heavy atom. The Morgan fingerprint density at radius 1 is 1.57 bits per heavy atom. The van der Waals surface area contributed by atoms with Gasteiger partial charge in [0, 0.05) is 26.1 Å². The molecule has 7 heteroatoms. The normalized spacial score (nSPS) is 27.8. The molecule has 0 radical (unpaired) electrons. The number of rotatable bonds is 4. The lowest BCUT2D eigenvalue weighted by molar-refractivity contribution is -0.0646. The number of fused-ring (bicyclic) bond motifs is 1. The molecule has 0 bridgehead atoms. The summed E-state index contributed by atoms with van der Waals surface area (Å²) in [6.07, 6.45) is 3.33. The summed E-state index contributed by atoms with van der Waals surface area (Å²) in [7, 11) is 1.92. The zero-order chi connectivity index (χ0) is 15.0. The van der Waals surface area contributed by atoms with Gasteiger partial charge in [-0.3, -0.25) is 20.9 Å². The van der Waals surface area contributed by atoms with Crippen molar-refractivity contribution in [1.29, 1.82) is 0 Å². The Bertz CT molecular complexity index is 506. The minimum atomic E-state index is 0.0406. The van der Waals surface area contributed by atoms with E-state index in [9.17, 15) is 0 Å². The molecule has 2 fully saturated rings. The van der Waals surface area contributed by atoms with E-state index in [4.69, 9.17) is 22.2 Å². The molecule has 3 atom stereocenters. The summed E-state index contributed by atoms with van der Waals surface area (Å²) in [5, 5.41) is 5.09. The molecule has 0 aromatic carbocycles. The van der Waals surface area contributed by atoms with Crippen LogP contribution in [0.5, 0.6) is 0 Å². The monoisotopic (exact) mass is 313 g/mol. The third-order valence-electron chi connectivity index (χ3n) is 4.75. The molecule has 2 aliphatic heterocycles. The summed E-state index contributed by atoms with van der Waals surface area (Å²) in [6.45, 7) is 4.84. The molecule has 6 nitrogen and oxygen atoms in total. The number of aryl methyl sites for hydroxylation is 2. The highest BCUT2D eigenvalue weighted by Gasteiger charge is 2.36. The summed E-state index contributed by atoms with van der Waals surface area (Å²) in [5.41, 5.74) is 4.77. The molecule has 3 rings (SSSR count). The van der Waals surface area contributed by atoms with E-state index in [1.54, 1.807) is 0 Å². The van der Waals surface area contributed by atoms with Gasteiger partial charge in [-0.25, -0.2) is 0 Å². The largest absolute Gasteiger partial charge is 0.374 e. The summed E-state index contributed by atoms with van der Waals surface area (Å²) >= 11 is 6.34. The maximum atomic E-state index is 6.34. The maximum absolute atomic E-state index is 6.34. The second kappa shape index (κ2) is 6.22. The van der Waals surface area contributed by atoms with Gasteiger partial charge in [-0.2, -0.15) is 5.10 Å². The van der Waals surface area contributed by atoms with Gasteiger partial charge >= 0.3 is 0 Å². The number of hydrogen-bond acceptors (Lipinski definition) is 5. The van der Waals surface area contributed by atoms with Crippen molar-refractivity contribution in [2.75, 3.05) is 19.7 Å². The summed E-state index contributed by atoms with van der Waals surface area (Å²) in [4.78, 5) is 2.52. The van der Waals surface area contributed by atoms with Crippen molar-refractivity contribution >= 4 is 11.6 Å². The first kappa shape index (κ1) is 15.2. The predicted octanol–water partition coefficient (Wildman–Crippen LogP) is 0.620. The van der Waals surface area contributed by atoms with Crippen LogP contribution in [-0.4, -0.2) is 52.6 Å². The van der Waals surface area contributed by atoms with Crippen LogP contribution in [0.2, 0.25) is 5.02 Å². The third-order valence-corrected chi connectivity index (χ3v) is 5.25.